The Labute approximate surface area is 114 Å². The van der Waals surface area contributed by atoms with Crippen molar-refractivity contribution in [1.82, 2.24) is 9.97 Å². The maximum Gasteiger partial charge on any atom is 0.318 e. The maximum absolute atomic E-state index is 5.63. The van der Waals surface area contributed by atoms with Gasteiger partial charge in [-0.05, 0) is 13.8 Å². The average Bonchev–Trinajstić information content (AvgIpc) is 2.21. The maximum atomic E-state index is 5.63. The fourth-order valence-corrected chi connectivity index (χ4v) is 1.67. The van der Waals surface area contributed by atoms with Crippen LogP contribution < -0.4 is 10.1 Å². The first-order valence-corrected chi connectivity index (χ1v) is 6.75. The molecule has 0 aliphatic carbocycles. The summed E-state index contributed by atoms with van der Waals surface area (Å²) in [6.45, 7) is 11.8. The first-order valence-electron chi connectivity index (χ1n) is 6.75. The smallest absolute Gasteiger partial charge is 0.318 e. The standard InChI is InChI=1S/C14H23N3O2/c1-9(2)19-13-16-11(14(3,4)5)6-12(17-13)15-10-7-18-8-10/h6,9-10H,7-8H2,1-5H3,(H,15,16,17). The van der Waals surface area contributed by atoms with Crippen molar-refractivity contribution >= 4 is 5.82 Å². The molecule has 19 heavy (non-hydrogen) atoms. The highest BCUT2D eigenvalue weighted by Crippen LogP contribution is 2.25. The van der Waals surface area contributed by atoms with E-state index in [1.807, 2.05) is 19.9 Å². The van der Waals surface area contributed by atoms with Crippen molar-refractivity contribution in [3.05, 3.63) is 11.8 Å². The van der Waals surface area contributed by atoms with Crippen molar-refractivity contribution in [2.75, 3.05) is 18.5 Å². The fourth-order valence-electron chi connectivity index (χ4n) is 1.67. The molecule has 1 aromatic rings. The Bertz CT molecular complexity index is 437. The molecule has 1 fully saturated rings. The van der Waals surface area contributed by atoms with Crippen LogP contribution in [0.1, 0.15) is 40.3 Å². The van der Waals surface area contributed by atoms with Crippen LogP contribution in [0, 0.1) is 0 Å². The number of hydrogen-bond donors (Lipinski definition) is 1. The Hall–Kier alpha value is -1.36. The summed E-state index contributed by atoms with van der Waals surface area (Å²) >= 11 is 0. The molecule has 0 bridgehead atoms. The Morgan fingerprint density at radius 3 is 2.47 bits per heavy atom. The van der Waals surface area contributed by atoms with Crippen molar-refractivity contribution in [1.29, 1.82) is 0 Å². The van der Waals surface area contributed by atoms with E-state index in [0.29, 0.717) is 12.1 Å². The number of ether oxygens (including phenoxy) is 2. The van der Waals surface area contributed by atoms with Gasteiger partial charge in [-0.25, -0.2) is 0 Å². The van der Waals surface area contributed by atoms with Crippen LogP contribution in [0.4, 0.5) is 5.82 Å². The van der Waals surface area contributed by atoms with Crippen molar-refractivity contribution in [2.24, 2.45) is 0 Å². The zero-order valence-electron chi connectivity index (χ0n) is 12.4. The van der Waals surface area contributed by atoms with E-state index in [0.717, 1.165) is 24.7 Å². The van der Waals surface area contributed by atoms with E-state index < -0.39 is 0 Å². The van der Waals surface area contributed by atoms with Crippen LogP contribution >= 0.6 is 0 Å². The summed E-state index contributed by atoms with van der Waals surface area (Å²) < 4.78 is 10.8. The molecule has 0 spiro atoms. The monoisotopic (exact) mass is 265 g/mol. The summed E-state index contributed by atoms with van der Waals surface area (Å²) in [7, 11) is 0. The SMILES string of the molecule is CC(C)Oc1nc(NC2COC2)cc(C(C)(C)C)n1. The highest BCUT2D eigenvalue weighted by molar-refractivity contribution is 5.40. The summed E-state index contributed by atoms with van der Waals surface area (Å²) in [5, 5.41) is 3.35. The Balaban J connectivity index is 2.24. The van der Waals surface area contributed by atoms with Gasteiger partial charge in [0.25, 0.3) is 0 Å². The molecule has 2 heterocycles. The number of nitrogens with zero attached hydrogens (tertiary/aromatic N) is 2. The lowest BCUT2D eigenvalue weighted by molar-refractivity contribution is 0.0209. The van der Waals surface area contributed by atoms with Crippen LogP contribution in [0.25, 0.3) is 0 Å². The molecular formula is C14H23N3O2. The van der Waals surface area contributed by atoms with Gasteiger partial charge in [-0.15, -0.1) is 0 Å². The topological polar surface area (TPSA) is 56.3 Å². The minimum atomic E-state index is -0.0371. The Morgan fingerprint density at radius 1 is 1.32 bits per heavy atom. The van der Waals surface area contributed by atoms with Gasteiger partial charge < -0.3 is 14.8 Å². The predicted octanol–water partition coefficient (Wildman–Crippen LogP) is 2.37. The number of rotatable bonds is 4. The van der Waals surface area contributed by atoms with Gasteiger partial charge in [-0.3, -0.25) is 0 Å². The third-order valence-corrected chi connectivity index (χ3v) is 2.81. The summed E-state index contributed by atoms with van der Waals surface area (Å²) in [5.41, 5.74) is 0.936. The van der Waals surface area contributed by atoms with Crippen LogP contribution in [-0.2, 0) is 10.2 Å². The molecule has 1 aromatic heterocycles. The van der Waals surface area contributed by atoms with Gasteiger partial charge in [0.05, 0.1) is 31.1 Å². The fraction of sp³-hybridized carbons (Fsp3) is 0.714. The van der Waals surface area contributed by atoms with Gasteiger partial charge >= 0.3 is 6.01 Å². The van der Waals surface area contributed by atoms with E-state index >= 15 is 0 Å². The summed E-state index contributed by atoms with van der Waals surface area (Å²) in [6, 6.07) is 2.77. The molecule has 0 saturated carbocycles. The van der Waals surface area contributed by atoms with Crippen LogP contribution in [0.2, 0.25) is 0 Å². The molecule has 106 valence electrons. The molecule has 0 aromatic carbocycles. The van der Waals surface area contributed by atoms with Crippen LogP contribution in [0.15, 0.2) is 6.07 Å². The number of aromatic nitrogens is 2. The summed E-state index contributed by atoms with van der Waals surface area (Å²) in [6.07, 6.45) is 0.0649. The van der Waals surface area contributed by atoms with E-state index in [2.05, 4.69) is 36.1 Å². The van der Waals surface area contributed by atoms with E-state index in [-0.39, 0.29) is 11.5 Å². The molecular weight excluding hydrogens is 242 g/mol. The third kappa shape index (κ3) is 3.80. The summed E-state index contributed by atoms with van der Waals surface area (Å²) in [4.78, 5) is 8.90. The second-order valence-corrected chi connectivity index (χ2v) is 6.22. The molecule has 0 radical (unpaired) electrons. The van der Waals surface area contributed by atoms with E-state index in [9.17, 15) is 0 Å². The van der Waals surface area contributed by atoms with Gasteiger partial charge in [-0.2, -0.15) is 9.97 Å². The molecule has 5 nitrogen and oxygen atoms in total. The zero-order chi connectivity index (χ0) is 14.0. The number of anilines is 1. The van der Waals surface area contributed by atoms with Gasteiger partial charge in [0.15, 0.2) is 0 Å². The lowest BCUT2D eigenvalue weighted by Crippen LogP contribution is -2.40. The molecule has 1 N–H and O–H groups in total. The largest absolute Gasteiger partial charge is 0.461 e. The van der Waals surface area contributed by atoms with Gasteiger partial charge in [0, 0.05) is 11.5 Å². The van der Waals surface area contributed by atoms with Crippen molar-refractivity contribution in [2.45, 2.75) is 52.2 Å². The van der Waals surface area contributed by atoms with Gasteiger partial charge in [0.2, 0.25) is 0 Å². The van der Waals surface area contributed by atoms with E-state index in [1.165, 1.54) is 0 Å². The summed E-state index contributed by atoms with van der Waals surface area (Å²) in [5.74, 6) is 0.809. The molecule has 1 aliphatic heterocycles. The third-order valence-electron chi connectivity index (χ3n) is 2.81. The first-order chi connectivity index (χ1) is 8.84. The number of hydrogen-bond acceptors (Lipinski definition) is 5. The van der Waals surface area contributed by atoms with Crippen molar-refractivity contribution < 1.29 is 9.47 Å². The van der Waals surface area contributed by atoms with E-state index in [1.54, 1.807) is 0 Å². The molecule has 1 aliphatic rings. The van der Waals surface area contributed by atoms with Crippen LogP contribution in [0.3, 0.4) is 0 Å². The zero-order valence-corrected chi connectivity index (χ0v) is 12.4. The minimum Gasteiger partial charge on any atom is -0.461 e. The minimum absolute atomic E-state index is 0.0371. The lowest BCUT2D eigenvalue weighted by atomic mass is 9.92. The first kappa shape index (κ1) is 14.1. The van der Waals surface area contributed by atoms with Crippen molar-refractivity contribution in [3.63, 3.8) is 0 Å². The number of nitrogens with one attached hydrogen (secondary N) is 1. The van der Waals surface area contributed by atoms with E-state index in [4.69, 9.17) is 9.47 Å². The molecule has 0 atom stereocenters. The Morgan fingerprint density at radius 2 is 2.00 bits per heavy atom. The molecule has 2 rings (SSSR count). The van der Waals surface area contributed by atoms with Crippen LogP contribution in [0.5, 0.6) is 6.01 Å². The highest BCUT2D eigenvalue weighted by Gasteiger charge is 2.22. The van der Waals surface area contributed by atoms with Crippen molar-refractivity contribution in [3.8, 4) is 6.01 Å². The van der Waals surface area contributed by atoms with Gasteiger partial charge in [0.1, 0.15) is 5.82 Å². The van der Waals surface area contributed by atoms with Crippen LogP contribution in [-0.4, -0.2) is 35.3 Å². The highest BCUT2D eigenvalue weighted by atomic mass is 16.5. The molecule has 1 saturated heterocycles. The lowest BCUT2D eigenvalue weighted by Gasteiger charge is -2.28. The molecule has 0 amide bonds. The normalized spacial score (nSPS) is 16.3. The second-order valence-electron chi connectivity index (χ2n) is 6.22. The predicted molar refractivity (Wildman–Crippen MR) is 74.7 cm³/mol. The second kappa shape index (κ2) is 5.33. The molecule has 5 heteroatoms. The average molecular weight is 265 g/mol. The van der Waals surface area contributed by atoms with Gasteiger partial charge in [-0.1, -0.05) is 20.8 Å². The quantitative estimate of drug-likeness (QED) is 0.905. The molecule has 0 unspecified atom stereocenters. The Kier molecular flexibility index (Phi) is 3.94.